The first-order valence-electron chi connectivity index (χ1n) is 10.1. The molecule has 1 aromatic heterocycles. The number of aromatic amines is 1. The van der Waals surface area contributed by atoms with E-state index in [9.17, 15) is 4.79 Å². The van der Waals surface area contributed by atoms with Crippen molar-refractivity contribution in [2.75, 3.05) is 0 Å². The van der Waals surface area contributed by atoms with Gasteiger partial charge in [0.25, 0.3) is 0 Å². The van der Waals surface area contributed by atoms with Gasteiger partial charge in [-0.25, -0.2) is 4.79 Å². The highest BCUT2D eigenvalue weighted by atomic mass is 35.5. The summed E-state index contributed by atoms with van der Waals surface area (Å²) in [5, 5.41) is 18.2. The standard InChI is InChI=1S/C26H20Cl2N2O2/c1-2-21(22-10-9-20(27)14-23(22)28)26(18-8-11-24-19(13-18)15-29-30-24)17-6-3-16(4-7-17)5-12-25(31)32/h3-15H,2H2,1H3,(H,29,30)(H,31,32). The summed E-state index contributed by atoms with van der Waals surface area (Å²) in [7, 11) is 0. The Bertz CT molecular complexity index is 1350. The van der Waals surface area contributed by atoms with Crippen LogP contribution in [0.15, 0.2) is 72.9 Å². The molecule has 1 heterocycles. The second-order valence-electron chi connectivity index (χ2n) is 7.30. The van der Waals surface area contributed by atoms with Gasteiger partial charge in [-0.15, -0.1) is 0 Å². The first-order chi connectivity index (χ1) is 15.5. The monoisotopic (exact) mass is 462 g/mol. The van der Waals surface area contributed by atoms with E-state index in [1.807, 2.05) is 42.5 Å². The van der Waals surface area contributed by atoms with E-state index >= 15 is 0 Å². The molecule has 4 rings (SSSR count). The van der Waals surface area contributed by atoms with E-state index < -0.39 is 5.97 Å². The number of hydrogen-bond donors (Lipinski definition) is 2. The first-order valence-corrected chi connectivity index (χ1v) is 10.9. The van der Waals surface area contributed by atoms with Gasteiger partial charge in [0.15, 0.2) is 0 Å². The summed E-state index contributed by atoms with van der Waals surface area (Å²) in [6.07, 6.45) is 5.26. The third-order valence-corrected chi connectivity index (χ3v) is 5.81. The maximum atomic E-state index is 10.8. The van der Waals surface area contributed by atoms with Crippen LogP contribution in [-0.2, 0) is 4.79 Å². The molecule has 4 aromatic rings. The van der Waals surface area contributed by atoms with E-state index in [2.05, 4.69) is 29.3 Å². The number of carboxylic acids is 1. The molecule has 0 atom stereocenters. The van der Waals surface area contributed by atoms with Gasteiger partial charge in [0.05, 0.1) is 11.7 Å². The number of benzene rings is 3. The highest BCUT2D eigenvalue weighted by Gasteiger charge is 2.16. The molecule has 3 aromatic carbocycles. The number of H-pyrrole nitrogens is 1. The van der Waals surface area contributed by atoms with Gasteiger partial charge in [-0.3, -0.25) is 5.10 Å². The lowest BCUT2D eigenvalue weighted by Crippen LogP contribution is -1.96. The van der Waals surface area contributed by atoms with Crippen molar-refractivity contribution in [1.82, 2.24) is 10.2 Å². The molecule has 2 N–H and O–H groups in total. The smallest absolute Gasteiger partial charge is 0.328 e. The minimum Gasteiger partial charge on any atom is -0.478 e. The Balaban J connectivity index is 1.93. The van der Waals surface area contributed by atoms with Crippen LogP contribution in [0.4, 0.5) is 0 Å². The van der Waals surface area contributed by atoms with Gasteiger partial charge in [0.1, 0.15) is 0 Å². The summed E-state index contributed by atoms with van der Waals surface area (Å²) in [6.45, 7) is 2.10. The Morgan fingerprint density at radius 1 is 1.03 bits per heavy atom. The second-order valence-corrected chi connectivity index (χ2v) is 8.14. The van der Waals surface area contributed by atoms with Gasteiger partial charge >= 0.3 is 5.97 Å². The number of aromatic nitrogens is 2. The fraction of sp³-hybridized carbons (Fsp3) is 0.0769. The summed E-state index contributed by atoms with van der Waals surface area (Å²) in [5.74, 6) is -0.978. The van der Waals surface area contributed by atoms with Crippen LogP contribution >= 0.6 is 23.2 Å². The molecule has 160 valence electrons. The third-order valence-electron chi connectivity index (χ3n) is 5.26. The number of carboxylic acid groups (broad SMARTS) is 1. The fourth-order valence-electron chi connectivity index (χ4n) is 3.78. The van der Waals surface area contributed by atoms with Gasteiger partial charge in [-0.2, -0.15) is 5.10 Å². The minimum atomic E-state index is -0.978. The van der Waals surface area contributed by atoms with Crippen molar-refractivity contribution in [2.24, 2.45) is 0 Å². The van der Waals surface area contributed by atoms with Crippen LogP contribution in [0.2, 0.25) is 10.0 Å². The largest absolute Gasteiger partial charge is 0.478 e. The topological polar surface area (TPSA) is 66.0 Å². The molecule has 0 saturated heterocycles. The highest BCUT2D eigenvalue weighted by molar-refractivity contribution is 6.36. The number of halogens is 2. The molecule has 0 fully saturated rings. The predicted molar refractivity (Wildman–Crippen MR) is 132 cm³/mol. The van der Waals surface area contributed by atoms with Crippen molar-refractivity contribution in [3.05, 3.63) is 105 Å². The molecule has 0 bridgehead atoms. The average molecular weight is 463 g/mol. The lowest BCUT2D eigenvalue weighted by atomic mass is 9.87. The van der Waals surface area contributed by atoms with Crippen LogP contribution in [0.5, 0.6) is 0 Å². The molecule has 0 radical (unpaired) electrons. The van der Waals surface area contributed by atoms with Crippen LogP contribution < -0.4 is 0 Å². The second kappa shape index (κ2) is 9.43. The van der Waals surface area contributed by atoms with Gasteiger partial charge in [-0.05, 0) is 70.2 Å². The van der Waals surface area contributed by atoms with Crippen molar-refractivity contribution < 1.29 is 9.90 Å². The Labute approximate surface area is 195 Å². The van der Waals surface area contributed by atoms with Crippen molar-refractivity contribution in [1.29, 1.82) is 0 Å². The SMILES string of the molecule is CCC(=C(c1ccc(C=CC(=O)O)cc1)c1ccc2[nH]ncc2c1)c1ccc(Cl)cc1Cl. The number of allylic oxidation sites excluding steroid dienone is 1. The van der Waals surface area contributed by atoms with Gasteiger partial charge in [0, 0.05) is 21.5 Å². The van der Waals surface area contributed by atoms with Crippen LogP contribution in [0.3, 0.4) is 0 Å². The quantitative estimate of drug-likeness (QED) is 0.232. The molecule has 0 amide bonds. The van der Waals surface area contributed by atoms with Crippen LogP contribution in [-0.4, -0.2) is 21.3 Å². The van der Waals surface area contributed by atoms with Crippen LogP contribution in [0.25, 0.3) is 28.1 Å². The zero-order valence-electron chi connectivity index (χ0n) is 17.3. The fourth-order valence-corrected chi connectivity index (χ4v) is 4.30. The Morgan fingerprint density at radius 2 is 1.78 bits per heavy atom. The van der Waals surface area contributed by atoms with Crippen LogP contribution in [0, 0.1) is 0 Å². The first kappa shape index (κ1) is 21.9. The van der Waals surface area contributed by atoms with Gasteiger partial charge in [0.2, 0.25) is 0 Å². The Morgan fingerprint density at radius 3 is 2.47 bits per heavy atom. The molecule has 6 heteroatoms. The van der Waals surface area contributed by atoms with E-state index in [0.29, 0.717) is 10.0 Å². The molecule has 4 nitrogen and oxygen atoms in total. The summed E-state index contributed by atoms with van der Waals surface area (Å²) < 4.78 is 0. The van der Waals surface area contributed by atoms with E-state index in [-0.39, 0.29) is 0 Å². The molecule has 0 unspecified atom stereocenters. The maximum Gasteiger partial charge on any atom is 0.328 e. The molecule has 32 heavy (non-hydrogen) atoms. The number of aliphatic carboxylic acids is 1. The molecule has 0 aliphatic carbocycles. The van der Waals surface area contributed by atoms with E-state index in [0.717, 1.165) is 56.8 Å². The number of nitrogens with zero attached hydrogens (tertiary/aromatic N) is 1. The van der Waals surface area contributed by atoms with E-state index in [4.69, 9.17) is 28.3 Å². The zero-order chi connectivity index (χ0) is 22.7. The number of nitrogens with one attached hydrogen (secondary N) is 1. The lowest BCUT2D eigenvalue weighted by Gasteiger charge is -2.18. The molecular weight excluding hydrogens is 443 g/mol. The third kappa shape index (κ3) is 4.62. The molecule has 0 spiro atoms. The van der Waals surface area contributed by atoms with E-state index in [1.54, 1.807) is 18.3 Å². The molecule has 0 aliphatic heterocycles. The Kier molecular flexibility index (Phi) is 6.45. The predicted octanol–water partition coefficient (Wildman–Crippen LogP) is 7.34. The maximum absolute atomic E-state index is 10.8. The normalized spacial score (nSPS) is 12.3. The summed E-state index contributed by atoms with van der Waals surface area (Å²) in [4.78, 5) is 10.8. The summed E-state index contributed by atoms with van der Waals surface area (Å²) in [6, 6.07) is 19.5. The Hall–Kier alpha value is -3.34. The zero-order valence-corrected chi connectivity index (χ0v) is 18.8. The van der Waals surface area contributed by atoms with Gasteiger partial charge in [-0.1, -0.05) is 66.5 Å². The number of carbonyl (C=O) groups is 1. The molecule has 0 aliphatic rings. The number of rotatable bonds is 6. The highest BCUT2D eigenvalue weighted by Crippen LogP contribution is 2.38. The number of fused-ring (bicyclic) bond motifs is 1. The minimum absolute atomic E-state index is 0.588. The summed E-state index contributed by atoms with van der Waals surface area (Å²) >= 11 is 12.7. The number of hydrogen-bond acceptors (Lipinski definition) is 2. The summed E-state index contributed by atoms with van der Waals surface area (Å²) in [5.41, 5.74) is 6.87. The molecular formula is C26H20Cl2N2O2. The van der Waals surface area contributed by atoms with Crippen LogP contribution in [0.1, 0.15) is 35.6 Å². The van der Waals surface area contributed by atoms with Crippen molar-refractivity contribution in [3.63, 3.8) is 0 Å². The van der Waals surface area contributed by atoms with Crippen molar-refractivity contribution in [3.8, 4) is 0 Å². The van der Waals surface area contributed by atoms with Crippen molar-refractivity contribution >= 4 is 57.3 Å². The molecule has 0 saturated carbocycles. The van der Waals surface area contributed by atoms with Crippen molar-refractivity contribution in [2.45, 2.75) is 13.3 Å². The van der Waals surface area contributed by atoms with E-state index in [1.165, 1.54) is 0 Å². The van der Waals surface area contributed by atoms with Gasteiger partial charge < -0.3 is 5.11 Å². The average Bonchev–Trinajstić information content (AvgIpc) is 3.25. The lowest BCUT2D eigenvalue weighted by molar-refractivity contribution is -0.131.